The van der Waals surface area contributed by atoms with Gasteiger partial charge in [-0.3, -0.25) is 0 Å². The summed E-state index contributed by atoms with van der Waals surface area (Å²) in [5.74, 6) is 0.205. The van der Waals surface area contributed by atoms with Crippen molar-refractivity contribution in [1.82, 2.24) is 0 Å². The smallest absolute Gasteiger partial charge is 0.180 e. The van der Waals surface area contributed by atoms with E-state index in [4.69, 9.17) is 5.73 Å². The zero-order chi connectivity index (χ0) is 10.2. The molecule has 1 aromatic carbocycles. The van der Waals surface area contributed by atoms with Crippen LogP contribution in [0, 0.1) is 0 Å². The Balaban J connectivity index is 2.62. The van der Waals surface area contributed by atoms with Crippen molar-refractivity contribution in [1.29, 1.82) is 0 Å². The molecular formula is C9H12N2O2S. The molecule has 5 heteroatoms. The highest BCUT2D eigenvalue weighted by Gasteiger charge is 2.21. The summed E-state index contributed by atoms with van der Waals surface area (Å²) >= 11 is 0. The van der Waals surface area contributed by atoms with E-state index in [-0.39, 0.29) is 5.75 Å². The summed E-state index contributed by atoms with van der Waals surface area (Å²) in [5.41, 5.74) is 6.79. The highest BCUT2D eigenvalue weighted by atomic mass is 32.2. The lowest BCUT2D eigenvalue weighted by Crippen LogP contribution is -2.05. The molecule has 3 N–H and O–H groups in total. The van der Waals surface area contributed by atoms with E-state index in [9.17, 15) is 8.42 Å². The van der Waals surface area contributed by atoms with Gasteiger partial charge in [-0.15, -0.1) is 0 Å². The molecule has 0 bridgehead atoms. The van der Waals surface area contributed by atoms with Gasteiger partial charge in [0.25, 0.3) is 0 Å². The van der Waals surface area contributed by atoms with E-state index in [2.05, 4.69) is 5.32 Å². The van der Waals surface area contributed by atoms with Gasteiger partial charge in [0.2, 0.25) is 0 Å². The van der Waals surface area contributed by atoms with Crippen molar-refractivity contribution < 1.29 is 8.42 Å². The van der Waals surface area contributed by atoms with Crippen LogP contribution in [0.4, 0.5) is 11.4 Å². The number of nitrogen functional groups attached to an aromatic ring is 1. The summed E-state index contributed by atoms with van der Waals surface area (Å²) in [6.07, 6.45) is 0.636. The SMILES string of the molecule is Nc1ccc2c(c1)NCCCS2(=O)=O. The average molecular weight is 212 g/mol. The standard InChI is InChI=1S/C9H12N2O2S/c10-7-2-3-9-8(6-7)11-4-1-5-14(9,12)13/h2-3,6,11H,1,4-5,10H2. The van der Waals surface area contributed by atoms with Gasteiger partial charge in [-0.05, 0) is 24.6 Å². The molecule has 0 aromatic heterocycles. The molecule has 0 atom stereocenters. The number of fused-ring (bicyclic) bond motifs is 1. The summed E-state index contributed by atoms with van der Waals surface area (Å²) in [6.45, 7) is 0.676. The monoisotopic (exact) mass is 212 g/mol. The minimum Gasteiger partial charge on any atom is -0.399 e. The van der Waals surface area contributed by atoms with E-state index in [1.807, 2.05) is 0 Å². The van der Waals surface area contributed by atoms with Gasteiger partial charge in [0.1, 0.15) is 0 Å². The largest absolute Gasteiger partial charge is 0.399 e. The van der Waals surface area contributed by atoms with E-state index in [0.29, 0.717) is 29.2 Å². The number of anilines is 2. The van der Waals surface area contributed by atoms with Gasteiger partial charge >= 0.3 is 0 Å². The number of benzene rings is 1. The van der Waals surface area contributed by atoms with Gasteiger partial charge in [-0.2, -0.15) is 0 Å². The summed E-state index contributed by atoms with van der Waals surface area (Å²) in [6, 6.07) is 4.85. The minimum atomic E-state index is -3.11. The van der Waals surface area contributed by atoms with Crippen LogP contribution < -0.4 is 11.1 Å². The molecule has 0 aliphatic carbocycles. The molecule has 0 saturated heterocycles. The maximum absolute atomic E-state index is 11.7. The molecule has 0 fully saturated rings. The van der Waals surface area contributed by atoms with Crippen LogP contribution in [0.1, 0.15) is 6.42 Å². The molecule has 1 aromatic rings. The Kier molecular flexibility index (Phi) is 2.11. The van der Waals surface area contributed by atoms with Crippen molar-refractivity contribution in [3.63, 3.8) is 0 Å². The normalized spacial score (nSPS) is 19.1. The second kappa shape index (κ2) is 3.16. The lowest BCUT2D eigenvalue weighted by Gasteiger charge is -2.07. The van der Waals surface area contributed by atoms with Crippen molar-refractivity contribution in [3.05, 3.63) is 18.2 Å². The van der Waals surface area contributed by atoms with Crippen LogP contribution in [0.3, 0.4) is 0 Å². The third-order valence-electron chi connectivity index (χ3n) is 2.24. The zero-order valence-corrected chi connectivity index (χ0v) is 8.47. The number of rotatable bonds is 0. The molecule has 0 spiro atoms. The fraction of sp³-hybridized carbons (Fsp3) is 0.333. The maximum Gasteiger partial charge on any atom is 0.180 e. The second-order valence-electron chi connectivity index (χ2n) is 3.35. The first-order valence-corrected chi connectivity index (χ1v) is 6.11. The molecule has 4 nitrogen and oxygen atoms in total. The minimum absolute atomic E-state index is 0.205. The van der Waals surface area contributed by atoms with Gasteiger partial charge in [0.15, 0.2) is 9.84 Å². The Labute approximate surface area is 83.0 Å². The van der Waals surface area contributed by atoms with Crippen molar-refractivity contribution in [2.24, 2.45) is 0 Å². The zero-order valence-electron chi connectivity index (χ0n) is 7.66. The van der Waals surface area contributed by atoms with E-state index >= 15 is 0 Å². The Hall–Kier alpha value is -1.23. The van der Waals surface area contributed by atoms with Gasteiger partial charge < -0.3 is 11.1 Å². The first-order chi connectivity index (χ1) is 6.59. The predicted molar refractivity (Wildman–Crippen MR) is 56.0 cm³/mol. The number of sulfone groups is 1. The maximum atomic E-state index is 11.7. The Morgan fingerprint density at radius 3 is 2.93 bits per heavy atom. The molecular weight excluding hydrogens is 200 g/mol. The number of nitrogens with one attached hydrogen (secondary N) is 1. The highest BCUT2D eigenvalue weighted by Crippen LogP contribution is 2.27. The summed E-state index contributed by atoms with van der Waals surface area (Å²) in [7, 11) is -3.11. The molecule has 0 saturated carbocycles. The van der Waals surface area contributed by atoms with Crippen molar-refractivity contribution >= 4 is 21.2 Å². The van der Waals surface area contributed by atoms with Crippen LogP contribution in [0.15, 0.2) is 23.1 Å². The van der Waals surface area contributed by atoms with Crippen LogP contribution in [0.25, 0.3) is 0 Å². The van der Waals surface area contributed by atoms with Crippen LogP contribution >= 0.6 is 0 Å². The van der Waals surface area contributed by atoms with Crippen LogP contribution in [-0.2, 0) is 9.84 Å². The fourth-order valence-corrected chi connectivity index (χ4v) is 3.04. The molecule has 0 radical (unpaired) electrons. The molecule has 76 valence electrons. The van der Waals surface area contributed by atoms with Crippen LogP contribution in [0.5, 0.6) is 0 Å². The summed E-state index contributed by atoms with van der Waals surface area (Å²) < 4.78 is 23.4. The molecule has 14 heavy (non-hydrogen) atoms. The predicted octanol–water partition coefficient (Wildman–Crippen LogP) is 0.858. The van der Waals surface area contributed by atoms with Gasteiger partial charge in [0.05, 0.1) is 16.3 Å². The first-order valence-electron chi connectivity index (χ1n) is 4.46. The number of hydrogen-bond donors (Lipinski definition) is 2. The Bertz CT molecular complexity index is 454. The third-order valence-corrected chi connectivity index (χ3v) is 4.10. The molecule has 2 rings (SSSR count). The van der Waals surface area contributed by atoms with Crippen molar-refractivity contribution in [2.45, 2.75) is 11.3 Å². The number of hydrogen-bond acceptors (Lipinski definition) is 4. The first kappa shape index (κ1) is 9.33. The molecule has 0 amide bonds. The Morgan fingerprint density at radius 1 is 1.36 bits per heavy atom. The molecule has 1 aliphatic rings. The summed E-state index contributed by atoms with van der Waals surface area (Å²) in [4.78, 5) is 0.365. The van der Waals surface area contributed by atoms with E-state index in [1.165, 1.54) is 0 Å². The van der Waals surface area contributed by atoms with E-state index in [0.717, 1.165) is 0 Å². The lowest BCUT2D eigenvalue weighted by molar-refractivity contribution is 0.596. The van der Waals surface area contributed by atoms with Gasteiger partial charge in [-0.25, -0.2) is 8.42 Å². The van der Waals surface area contributed by atoms with Crippen molar-refractivity contribution in [3.8, 4) is 0 Å². The fourth-order valence-electron chi connectivity index (χ4n) is 1.55. The topological polar surface area (TPSA) is 72.2 Å². The average Bonchev–Trinajstić information content (AvgIpc) is 2.25. The number of nitrogens with two attached hydrogens (primary N) is 1. The lowest BCUT2D eigenvalue weighted by atomic mass is 10.3. The van der Waals surface area contributed by atoms with Crippen molar-refractivity contribution in [2.75, 3.05) is 23.3 Å². The van der Waals surface area contributed by atoms with Crippen LogP contribution in [0.2, 0.25) is 0 Å². The Morgan fingerprint density at radius 2 is 2.14 bits per heavy atom. The third kappa shape index (κ3) is 1.55. The highest BCUT2D eigenvalue weighted by molar-refractivity contribution is 7.91. The van der Waals surface area contributed by atoms with Gasteiger partial charge in [0, 0.05) is 12.2 Å². The van der Waals surface area contributed by atoms with Crippen LogP contribution in [-0.4, -0.2) is 20.7 Å². The molecule has 0 unspecified atom stereocenters. The van der Waals surface area contributed by atoms with E-state index in [1.54, 1.807) is 18.2 Å². The molecule has 1 heterocycles. The molecule has 1 aliphatic heterocycles. The van der Waals surface area contributed by atoms with Gasteiger partial charge in [-0.1, -0.05) is 0 Å². The van der Waals surface area contributed by atoms with E-state index < -0.39 is 9.84 Å². The quantitative estimate of drug-likeness (QED) is 0.626. The second-order valence-corrected chi connectivity index (χ2v) is 5.43. The summed E-state index contributed by atoms with van der Waals surface area (Å²) in [5, 5.41) is 3.06.